The molecule has 0 bridgehead atoms. The molecule has 0 radical (unpaired) electrons. The summed E-state index contributed by atoms with van der Waals surface area (Å²) in [5.74, 6) is 0.0372. The third kappa shape index (κ3) is 4.51. The van der Waals surface area contributed by atoms with Gasteiger partial charge in [-0.05, 0) is 42.1 Å². The molecule has 1 saturated heterocycles. The Morgan fingerprint density at radius 1 is 1.26 bits per heavy atom. The predicted octanol–water partition coefficient (Wildman–Crippen LogP) is 2.40. The van der Waals surface area contributed by atoms with E-state index in [1.165, 1.54) is 22.5 Å². The normalized spacial score (nSPS) is 19.7. The van der Waals surface area contributed by atoms with Crippen LogP contribution in [0, 0.1) is 0 Å². The molecule has 1 N–H and O–H groups in total. The number of thiophene rings is 1. The zero-order valence-corrected chi connectivity index (χ0v) is 18.6. The standard InChI is InChI=1S/C21H23N3O5S2/c1-2-18-21(26)22-17-14-16(6-7-19(17)29-18)31(27,28)24-11-9-23(10-12-24)20(25)8-5-15-4-3-13-30-15/h3-8,13-14,18H,2,9-12H2,1H3,(H,22,26)/b8-5+/t18-/m0/s1. The van der Waals surface area contributed by atoms with Crippen molar-refractivity contribution in [2.24, 2.45) is 0 Å². The van der Waals surface area contributed by atoms with Gasteiger partial charge in [-0.2, -0.15) is 4.31 Å². The van der Waals surface area contributed by atoms with E-state index in [4.69, 9.17) is 4.74 Å². The van der Waals surface area contributed by atoms with Crippen LogP contribution in [0.3, 0.4) is 0 Å². The number of amides is 2. The number of carbonyl (C=O) groups excluding carboxylic acids is 2. The molecular weight excluding hydrogens is 438 g/mol. The molecule has 2 aliphatic rings. The fourth-order valence-electron chi connectivity index (χ4n) is 3.50. The first-order chi connectivity index (χ1) is 14.9. The van der Waals surface area contributed by atoms with E-state index in [2.05, 4.69) is 5.32 Å². The fraction of sp³-hybridized carbons (Fsp3) is 0.333. The number of fused-ring (bicyclic) bond motifs is 1. The van der Waals surface area contributed by atoms with E-state index in [0.717, 1.165) is 4.88 Å². The molecule has 0 spiro atoms. The van der Waals surface area contributed by atoms with Crippen LogP contribution in [0.4, 0.5) is 5.69 Å². The van der Waals surface area contributed by atoms with E-state index < -0.39 is 16.1 Å². The molecular formula is C21H23N3O5S2. The number of anilines is 1. The molecule has 8 nitrogen and oxygen atoms in total. The van der Waals surface area contributed by atoms with Gasteiger partial charge in [-0.3, -0.25) is 9.59 Å². The van der Waals surface area contributed by atoms with Crippen molar-refractivity contribution in [3.05, 3.63) is 46.7 Å². The molecule has 31 heavy (non-hydrogen) atoms. The van der Waals surface area contributed by atoms with Crippen LogP contribution in [-0.2, 0) is 19.6 Å². The summed E-state index contributed by atoms with van der Waals surface area (Å²) in [5, 5.41) is 4.66. The van der Waals surface area contributed by atoms with Gasteiger partial charge in [0.25, 0.3) is 5.91 Å². The molecule has 0 aliphatic carbocycles. The van der Waals surface area contributed by atoms with Gasteiger partial charge in [-0.1, -0.05) is 13.0 Å². The molecule has 164 valence electrons. The largest absolute Gasteiger partial charge is 0.478 e. The lowest BCUT2D eigenvalue weighted by atomic mass is 10.2. The zero-order valence-electron chi connectivity index (χ0n) is 17.0. The second-order valence-electron chi connectivity index (χ2n) is 7.24. The molecule has 1 fully saturated rings. The Hall–Kier alpha value is -2.69. The third-order valence-corrected chi connectivity index (χ3v) is 7.99. The summed E-state index contributed by atoms with van der Waals surface area (Å²) >= 11 is 1.54. The Balaban J connectivity index is 1.42. The van der Waals surface area contributed by atoms with Crippen LogP contribution in [0.1, 0.15) is 18.2 Å². The molecule has 3 heterocycles. The Kier molecular flexibility index (Phi) is 6.12. The predicted molar refractivity (Wildman–Crippen MR) is 118 cm³/mol. The molecule has 1 atom stereocenters. The summed E-state index contributed by atoms with van der Waals surface area (Å²) in [4.78, 5) is 27.1. The first kappa shape index (κ1) is 21.5. The van der Waals surface area contributed by atoms with Crippen LogP contribution in [0.15, 0.2) is 46.7 Å². The highest BCUT2D eigenvalue weighted by Gasteiger charge is 2.32. The Morgan fingerprint density at radius 2 is 2.03 bits per heavy atom. The van der Waals surface area contributed by atoms with Crippen LogP contribution in [0.2, 0.25) is 0 Å². The van der Waals surface area contributed by atoms with Gasteiger partial charge in [0.05, 0.1) is 10.6 Å². The molecule has 1 aromatic heterocycles. The van der Waals surface area contributed by atoms with Crippen molar-refractivity contribution in [1.82, 2.24) is 9.21 Å². The van der Waals surface area contributed by atoms with Gasteiger partial charge in [0.1, 0.15) is 5.75 Å². The van der Waals surface area contributed by atoms with Gasteiger partial charge in [0.15, 0.2) is 6.10 Å². The highest BCUT2D eigenvalue weighted by molar-refractivity contribution is 7.89. The quantitative estimate of drug-likeness (QED) is 0.690. The van der Waals surface area contributed by atoms with E-state index in [-0.39, 0.29) is 29.8 Å². The first-order valence-corrected chi connectivity index (χ1v) is 12.3. The van der Waals surface area contributed by atoms with Crippen LogP contribution >= 0.6 is 11.3 Å². The smallest absolute Gasteiger partial charge is 0.265 e. The first-order valence-electron chi connectivity index (χ1n) is 10.0. The topological polar surface area (TPSA) is 96.0 Å². The molecule has 0 saturated carbocycles. The number of nitrogens with zero attached hydrogens (tertiary/aromatic N) is 2. The average molecular weight is 462 g/mol. The Morgan fingerprint density at radius 3 is 2.71 bits per heavy atom. The van der Waals surface area contributed by atoms with Crippen molar-refractivity contribution < 1.29 is 22.7 Å². The van der Waals surface area contributed by atoms with Crippen LogP contribution in [0.25, 0.3) is 6.08 Å². The second kappa shape index (κ2) is 8.81. The minimum atomic E-state index is -3.76. The monoisotopic (exact) mass is 461 g/mol. The van der Waals surface area contributed by atoms with Crippen molar-refractivity contribution >= 4 is 44.9 Å². The fourth-order valence-corrected chi connectivity index (χ4v) is 5.57. The van der Waals surface area contributed by atoms with E-state index in [0.29, 0.717) is 30.9 Å². The lowest BCUT2D eigenvalue weighted by Crippen LogP contribution is -2.50. The summed E-state index contributed by atoms with van der Waals surface area (Å²) in [7, 11) is -3.76. The van der Waals surface area contributed by atoms with Gasteiger partial charge >= 0.3 is 0 Å². The number of hydrogen-bond donors (Lipinski definition) is 1. The van der Waals surface area contributed by atoms with Crippen molar-refractivity contribution in [2.45, 2.75) is 24.3 Å². The van der Waals surface area contributed by atoms with Gasteiger partial charge in [0, 0.05) is 37.1 Å². The van der Waals surface area contributed by atoms with Crippen LogP contribution in [-0.4, -0.2) is 61.7 Å². The lowest BCUT2D eigenvalue weighted by Gasteiger charge is -2.33. The Bertz CT molecular complexity index is 1100. The average Bonchev–Trinajstić information content (AvgIpc) is 3.30. The number of carbonyl (C=O) groups is 2. The molecule has 4 rings (SSSR count). The van der Waals surface area contributed by atoms with Crippen molar-refractivity contribution in [2.75, 3.05) is 31.5 Å². The molecule has 0 unspecified atom stereocenters. The highest BCUT2D eigenvalue weighted by atomic mass is 32.2. The number of nitrogens with one attached hydrogen (secondary N) is 1. The SMILES string of the molecule is CC[C@@H]1Oc2ccc(S(=O)(=O)N3CCN(C(=O)/C=C/c4cccs4)CC3)cc2NC1=O. The maximum absolute atomic E-state index is 13.1. The zero-order chi connectivity index (χ0) is 22.0. The summed E-state index contributed by atoms with van der Waals surface area (Å²) in [5.41, 5.74) is 0.350. The van der Waals surface area contributed by atoms with Gasteiger partial charge < -0.3 is 15.0 Å². The van der Waals surface area contributed by atoms with Crippen molar-refractivity contribution in [3.63, 3.8) is 0 Å². The number of rotatable bonds is 5. The van der Waals surface area contributed by atoms with Crippen molar-refractivity contribution in [3.8, 4) is 5.75 Å². The number of sulfonamides is 1. The number of ether oxygens (including phenoxy) is 1. The maximum atomic E-state index is 13.1. The van der Waals surface area contributed by atoms with E-state index >= 15 is 0 Å². The molecule has 1 aromatic carbocycles. The van der Waals surface area contributed by atoms with Crippen LogP contribution in [0.5, 0.6) is 5.75 Å². The van der Waals surface area contributed by atoms with E-state index in [9.17, 15) is 18.0 Å². The minimum absolute atomic E-state index is 0.0856. The summed E-state index contributed by atoms with van der Waals surface area (Å²) < 4.78 is 33.2. The number of hydrogen-bond acceptors (Lipinski definition) is 6. The summed E-state index contributed by atoms with van der Waals surface area (Å²) in [6, 6.07) is 8.32. The minimum Gasteiger partial charge on any atom is -0.478 e. The molecule has 2 aromatic rings. The number of benzene rings is 1. The maximum Gasteiger partial charge on any atom is 0.265 e. The third-order valence-electron chi connectivity index (χ3n) is 5.26. The Labute approximate surface area is 185 Å². The van der Waals surface area contributed by atoms with Gasteiger partial charge in [-0.15, -0.1) is 11.3 Å². The van der Waals surface area contributed by atoms with Crippen LogP contribution < -0.4 is 10.1 Å². The highest BCUT2D eigenvalue weighted by Crippen LogP contribution is 2.33. The van der Waals surface area contributed by atoms with Gasteiger partial charge in [0.2, 0.25) is 15.9 Å². The van der Waals surface area contributed by atoms with Gasteiger partial charge in [-0.25, -0.2) is 8.42 Å². The molecule has 2 amide bonds. The lowest BCUT2D eigenvalue weighted by molar-refractivity contribution is -0.127. The summed E-state index contributed by atoms with van der Waals surface area (Å²) in [6.45, 7) is 2.89. The summed E-state index contributed by atoms with van der Waals surface area (Å²) in [6.07, 6.45) is 3.24. The van der Waals surface area contributed by atoms with E-state index in [1.807, 2.05) is 24.4 Å². The second-order valence-corrected chi connectivity index (χ2v) is 10.2. The van der Waals surface area contributed by atoms with E-state index in [1.54, 1.807) is 28.4 Å². The molecule has 2 aliphatic heterocycles. The number of piperazine rings is 1. The van der Waals surface area contributed by atoms with Crippen molar-refractivity contribution in [1.29, 1.82) is 0 Å². The molecule has 10 heteroatoms.